The molecular formula is C8H11NO2. The Morgan fingerprint density at radius 3 is 3.00 bits per heavy atom. The molecule has 1 aromatic rings. The monoisotopic (exact) mass is 153 g/mol. The van der Waals surface area contributed by atoms with Gasteiger partial charge < -0.3 is 9.21 Å². The van der Waals surface area contributed by atoms with Gasteiger partial charge in [0.25, 0.3) is 0 Å². The van der Waals surface area contributed by atoms with Crippen molar-refractivity contribution in [2.75, 3.05) is 0 Å². The van der Waals surface area contributed by atoms with E-state index >= 15 is 0 Å². The Balaban J connectivity index is 2.57. The lowest BCUT2D eigenvalue weighted by atomic mass is 10.1. The maximum Gasteiger partial charge on any atom is 0.191 e. The van der Waals surface area contributed by atoms with Crippen LogP contribution in [0.3, 0.4) is 0 Å². The van der Waals surface area contributed by atoms with E-state index in [4.69, 9.17) is 4.42 Å². The Labute approximate surface area is 65.4 Å². The summed E-state index contributed by atoms with van der Waals surface area (Å²) in [5, 5.41) is 0. The molecule has 3 nitrogen and oxygen atoms in total. The molecule has 1 unspecified atom stereocenters. The third-order valence-electron chi connectivity index (χ3n) is 1.43. The molecule has 1 atom stereocenters. The molecule has 11 heavy (non-hydrogen) atoms. The molecule has 1 heterocycles. The molecule has 0 saturated carbocycles. The maximum atomic E-state index is 10.3. The zero-order chi connectivity index (χ0) is 8.27. The summed E-state index contributed by atoms with van der Waals surface area (Å²) in [6.45, 7) is 3.64. The van der Waals surface area contributed by atoms with Gasteiger partial charge >= 0.3 is 0 Å². The van der Waals surface area contributed by atoms with E-state index in [0.717, 1.165) is 12.0 Å². The third kappa shape index (κ3) is 2.18. The largest absolute Gasteiger partial charge is 0.449 e. The van der Waals surface area contributed by atoms with E-state index in [-0.39, 0.29) is 5.92 Å². The average molecular weight is 153 g/mol. The predicted octanol–water partition coefficient (Wildman–Crippen LogP) is 1.36. The van der Waals surface area contributed by atoms with Crippen molar-refractivity contribution in [3.05, 3.63) is 17.8 Å². The van der Waals surface area contributed by atoms with E-state index in [0.29, 0.717) is 12.3 Å². The van der Waals surface area contributed by atoms with Crippen LogP contribution in [0.1, 0.15) is 18.5 Å². The van der Waals surface area contributed by atoms with E-state index in [1.807, 2.05) is 6.92 Å². The Morgan fingerprint density at radius 1 is 1.82 bits per heavy atom. The molecule has 0 aliphatic heterocycles. The van der Waals surface area contributed by atoms with Crippen LogP contribution in [0.15, 0.2) is 10.7 Å². The van der Waals surface area contributed by atoms with Crippen LogP contribution in [0.4, 0.5) is 0 Å². The number of carbonyl (C=O) groups is 1. The van der Waals surface area contributed by atoms with Crippen LogP contribution in [0, 0.1) is 12.8 Å². The minimum absolute atomic E-state index is 0.0273. The Bertz CT molecular complexity index is 242. The number of carbonyl (C=O) groups excluding carboxylic acids is 1. The molecule has 0 aliphatic carbocycles. The molecule has 0 spiro atoms. The highest BCUT2D eigenvalue weighted by Crippen LogP contribution is 2.05. The van der Waals surface area contributed by atoms with Gasteiger partial charge in [0.05, 0.1) is 5.69 Å². The Hall–Kier alpha value is -1.12. The highest BCUT2D eigenvalue weighted by molar-refractivity contribution is 5.53. The van der Waals surface area contributed by atoms with E-state index in [1.165, 1.54) is 0 Å². The summed E-state index contributed by atoms with van der Waals surface area (Å²) < 4.78 is 4.98. The summed E-state index contributed by atoms with van der Waals surface area (Å²) >= 11 is 0. The fraction of sp³-hybridized carbons (Fsp3) is 0.500. The van der Waals surface area contributed by atoms with Crippen molar-refractivity contribution in [1.29, 1.82) is 0 Å². The van der Waals surface area contributed by atoms with Gasteiger partial charge in [0.2, 0.25) is 0 Å². The molecule has 3 heteroatoms. The number of rotatable bonds is 3. The number of aldehydes is 1. The number of aromatic nitrogens is 1. The highest BCUT2D eigenvalue weighted by atomic mass is 16.3. The van der Waals surface area contributed by atoms with Gasteiger partial charge in [-0.15, -0.1) is 0 Å². The number of oxazole rings is 1. The lowest BCUT2D eigenvalue weighted by Gasteiger charge is -1.96. The molecule has 1 aromatic heterocycles. The zero-order valence-electron chi connectivity index (χ0n) is 6.70. The van der Waals surface area contributed by atoms with Crippen LogP contribution in [-0.4, -0.2) is 11.3 Å². The van der Waals surface area contributed by atoms with Gasteiger partial charge in [-0.25, -0.2) is 4.98 Å². The zero-order valence-corrected chi connectivity index (χ0v) is 6.70. The number of aryl methyl sites for hydroxylation is 1. The molecule has 0 saturated heterocycles. The van der Waals surface area contributed by atoms with E-state index in [9.17, 15) is 4.79 Å². The molecule has 0 fully saturated rings. The second kappa shape index (κ2) is 3.32. The van der Waals surface area contributed by atoms with Gasteiger partial charge in [-0.3, -0.25) is 0 Å². The minimum Gasteiger partial charge on any atom is -0.449 e. The van der Waals surface area contributed by atoms with Crippen LogP contribution < -0.4 is 0 Å². The maximum absolute atomic E-state index is 10.3. The third-order valence-corrected chi connectivity index (χ3v) is 1.43. The highest BCUT2D eigenvalue weighted by Gasteiger charge is 2.04. The Kier molecular flexibility index (Phi) is 2.41. The average Bonchev–Trinajstić information content (AvgIpc) is 2.35. The molecule has 0 amide bonds. The molecule has 0 radical (unpaired) electrons. The summed E-state index contributed by atoms with van der Waals surface area (Å²) in [5.74, 6) is 0.678. The number of hydrogen-bond acceptors (Lipinski definition) is 3. The van der Waals surface area contributed by atoms with Crippen LogP contribution in [0.2, 0.25) is 0 Å². The van der Waals surface area contributed by atoms with Crippen molar-refractivity contribution < 1.29 is 9.21 Å². The first-order valence-electron chi connectivity index (χ1n) is 3.58. The fourth-order valence-corrected chi connectivity index (χ4v) is 0.880. The van der Waals surface area contributed by atoms with Crippen molar-refractivity contribution in [2.45, 2.75) is 20.3 Å². The SMILES string of the molecule is Cc1nc(CC(C)C=O)co1. The van der Waals surface area contributed by atoms with Gasteiger partial charge in [-0.05, 0) is 0 Å². The molecule has 0 aliphatic rings. The van der Waals surface area contributed by atoms with E-state index < -0.39 is 0 Å². The molecule has 0 N–H and O–H groups in total. The normalized spacial score (nSPS) is 12.9. The van der Waals surface area contributed by atoms with Crippen LogP contribution in [0.5, 0.6) is 0 Å². The molecule has 60 valence electrons. The number of nitrogens with zero attached hydrogens (tertiary/aromatic N) is 1. The first-order chi connectivity index (χ1) is 5.22. The minimum atomic E-state index is 0.0273. The van der Waals surface area contributed by atoms with Gasteiger partial charge in [-0.1, -0.05) is 6.92 Å². The molecule has 1 rings (SSSR count). The summed E-state index contributed by atoms with van der Waals surface area (Å²) in [6, 6.07) is 0. The van der Waals surface area contributed by atoms with Gasteiger partial charge in [0.15, 0.2) is 5.89 Å². The predicted molar refractivity (Wildman–Crippen MR) is 40.2 cm³/mol. The molecular weight excluding hydrogens is 142 g/mol. The van der Waals surface area contributed by atoms with Gasteiger partial charge in [0, 0.05) is 19.3 Å². The van der Waals surface area contributed by atoms with Crippen LogP contribution in [0.25, 0.3) is 0 Å². The number of hydrogen-bond donors (Lipinski definition) is 0. The molecule has 0 bridgehead atoms. The Morgan fingerprint density at radius 2 is 2.55 bits per heavy atom. The summed E-state index contributed by atoms with van der Waals surface area (Å²) in [5.41, 5.74) is 0.849. The smallest absolute Gasteiger partial charge is 0.191 e. The van der Waals surface area contributed by atoms with Crippen molar-refractivity contribution in [1.82, 2.24) is 4.98 Å². The first-order valence-corrected chi connectivity index (χ1v) is 3.58. The topological polar surface area (TPSA) is 43.1 Å². The van der Waals surface area contributed by atoms with Crippen molar-refractivity contribution in [3.8, 4) is 0 Å². The summed E-state index contributed by atoms with van der Waals surface area (Å²) in [4.78, 5) is 14.3. The molecule has 0 aromatic carbocycles. The second-order valence-electron chi connectivity index (χ2n) is 2.68. The lowest BCUT2D eigenvalue weighted by molar-refractivity contribution is -0.110. The van der Waals surface area contributed by atoms with E-state index in [1.54, 1.807) is 13.2 Å². The second-order valence-corrected chi connectivity index (χ2v) is 2.68. The van der Waals surface area contributed by atoms with Crippen molar-refractivity contribution in [3.63, 3.8) is 0 Å². The quantitative estimate of drug-likeness (QED) is 0.616. The summed E-state index contributed by atoms with van der Waals surface area (Å²) in [7, 11) is 0. The van der Waals surface area contributed by atoms with Gasteiger partial charge in [0.1, 0.15) is 12.5 Å². The van der Waals surface area contributed by atoms with Gasteiger partial charge in [-0.2, -0.15) is 0 Å². The summed E-state index contributed by atoms with van der Waals surface area (Å²) in [6.07, 6.45) is 3.18. The van der Waals surface area contributed by atoms with E-state index in [2.05, 4.69) is 4.98 Å². The van der Waals surface area contributed by atoms with Crippen molar-refractivity contribution >= 4 is 6.29 Å². The van der Waals surface area contributed by atoms with Crippen LogP contribution in [-0.2, 0) is 11.2 Å². The van der Waals surface area contributed by atoms with Crippen molar-refractivity contribution in [2.24, 2.45) is 5.92 Å². The standard InChI is InChI=1S/C8H11NO2/c1-6(4-10)3-8-5-11-7(2)9-8/h4-6H,3H2,1-2H3. The fourth-order valence-electron chi connectivity index (χ4n) is 0.880. The van der Waals surface area contributed by atoms with Crippen LogP contribution >= 0.6 is 0 Å². The first kappa shape index (κ1) is 7.98. The lowest BCUT2D eigenvalue weighted by Crippen LogP contribution is -2.00.